The number of hydrogen-bond acceptors (Lipinski definition) is 10. The fourth-order valence-corrected chi connectivity index (χ4v) is 5.57. The molecule has 3 amide bonds. The van der Waals surface area contributed by atoms with Crippen molar-refractivity contribution in [1.29, 1.82) is 5.53 Å². The Morgan fingerprint density at radius 1 is 1.19 bits per heavy atom. The normalized spacial score (nSPS) is 18.0. The number of carbonyl (C=O) groups is 3. The topological polar surface area (TPSA) is 180 Å². The van der Waals surface area contributed by atoms with Crippen molar-refractivity contribution in [2.75, 3.05) is 39.5 Å². The van der Waals surface area contributed by atoms with Crippen LogP contribution in [0.15, 0.2) is 34.9 Å². The van der Waals surface area contributed by atoms with Gasteiger partial charge < -0.3 is 30.1 Å². The van der Waals surface area contributed by atoms with Crippen molar-refractivity contribution in [3.63, 3.8) is 0 Å². The quantitative estimate of drug-likeness (QED) is 0.143. The van der Waals surface area contributed by atoms with E-state index in [-0.39, 0.29) is 57.9 Å². The molecule has 234 valence electrons. The fourth-order valence-electron chi connectivity index (χ4n) is 4.76. The molecule has 0 saturated carbocycles. The van der Waals surface area contributed by atoms with Crippen molar-refractivity contribution in [2.24, 2.45) is 10.5 Å². The van der Waals surface area contributed by atoms with E-state index in [9.17, 15) is 19.5 Å². The molecule has 43 heavy (non-hydrogen) atoms. The summed E-state index contributed by atoms with van der Waals surface area (Å²) in [6.07, 6.45) is -0.760. The van der Waals surface area contributed by atoms with Crippen LogP contribution in [0.25, 0.3) is 10.4 Å². The van der Waals surface area contributed by atoms with Gasteiger partial charge in [-0.15, -0.1) is 11.3 Å². The number of ether oxygens (including phenoxy) is 2. The van der Waals surface area contributed by atoms with Gasteiger partial charge in [0.2, 0.25) is 22.6 Å². The molecular formula is C29H42N7O6S+. The van der Waals surface area contributed by atoms with E-state index in [4.69, 9.17) is 15.0 Å². The summed E-state index contributed by atoms with van der Waals surface area (Å²) in [4.78, 5) is 49.5. The Bertz CT molecular complexity index is 1290. The van der Waals surface area contributed by atoms with Crippen LogP contribution in [0, 0.1) is 17.9 Å². The molecule has 1 fully saturated rings. The molecule has 2 heterocycles. The lowest BCUT2D eigenvalue weighted by molar-refractivity contribution is -0.144. The second-order valence-electron chi connectivity index (χ2n) is 11.5. The van der Waals surface area contributed by atoms with Gasteiger partial charge in [-0.25, -0.2) is 4.98 Å². The molecule has 4 unspecified atom stereocenters. The maximum absolute atomic E-state index is 13.7. The van der Waals surface area contributed by atoms with E-state index in [2.05, 4.69) is 25.6 Å². The lowest BCUT2D eigenvalue weighted by atomic mass is 9.85. The van der Waals surface area contributed by atoms with Crippen molar-refractivity contribution in [2.45, 2.75) is 65.3 Å². The number of aromatic nitrogens is 1. The van der Waals surface area contributed by atoms with Crippen LogP contribution in [0.3, 0.4) is 0 Å². The van der Waals surface area contributed by atoms with Gasteiger partial charge in [0.15, 0.2) is 0 Å². The summed E-state index contributed by atoms with van der Waals surface area (Å²) >= 11 is 1.57. The molecule has 13 nitrogen and oxygen atoms in total. The Morgan fingerprint density at radius 3 is 2.51 bits per heavy atom. The van der Waals surface area contributed by atoms with E-state index in [0.717, 1.165) is 21.7 Å². The highest BCUT2D eigenvalue weighted by atomic mass is 32.1. The largest absolute Gasteiger partial charge is 0.391 e. The molecule has 1 aromatic carbocycles. The smallest absolute Gasteiger partial charge is 0.246 e. The highest BCUT2D eigenvalue weighted by Gasteiger charge is 2.44. The number of amides is 3. The van der Waals surface area contributed by atoms with Gasteiger partial charge in [-0.2, -0.15) is 0 Å². The van der Waals surface area contributed by atoms with Gasteiger partial charge in [0, 0.05) is 13.0 Å². The molecule has 14 heteroatoms. The zero-order valence-corrected chi connectivity index (χ0v) is 26.1. The first kappa shape index (κ1) is 33.9. The molecule has 0 aliphatic carbocycles. The summed E-state index contributed by atoms with van der Waals surface area (Å²) < 4.78 is 10.6. The first-order valence-corrected chi connectivity index (χ1v) is 15.1. The third-order valence-electron chi connectivity index (χ3n) is 7.07. The molecule has 3 rings (SSSR count). The summed E-state index contributed by atoms with van der Waals surface area (Å²) in [7, 11) is 0. The van der Waals surface area contributed by atoms with Crippen molar-refractivity contribution >= 4 is 29.1 Å². The number of aliphatic hydroxyl groups is 1. The van der Waals surface area contributed by atoms with Gasteiger partial charge >= 0.3 is 0 Å². The molecule has 4 N–H and O–H groups in total. The highest BCUT2D eigenvalue weighted by molar-refractivity contribution is 7.13. The van der Waals surface area contributed by atoms with E-state index in [0.29, 0.717) is 0 Å². The summed E-state index contributed by atoms with van der Waals surface area (Å²) in [5.41, 5.74) is 10.6. The standard InChI is InChI=1S/C29H41N7O6S/c1-18(20-6-8-21(9-7-20)25-19(2)31-17-43-25)33-27(39)23-14-22(37)15-36(23)28(40)26(29(3,4)5)34-24(38)16-42-13-12-41-11-10-32-35-30/h6-9,17-18,22-23,26,30,37H,10-16H2,1-5H3,(H-,33,34,38,39)/p+1. The van der Waals surface area contributed by atoms with Gasteiger partial charge in [-0.05, 0) is 30.4 Å². The van der Waals surface area contributed by atoms with Crippen LogP contribution in [-0.2, 0) is 23.9 Å². The maximum atomic E-state index is 13.7. The van der Waals surface area contributed by atoms with E-state index in [1.54, 1.807) is 11.3 Å². The highest BCUT2D eigenvalue weighted by Crippen LogP contribution is 2.29. The maximum Gasteiger partial charge on any atom is 0.246 e. The SMILES string of the molecule is Cc1ncsc1-c1ccc(C(C)NC(=O)C2CC(O)CN2C(=O)C(NC(=O)COCCOCCN=[N+]=N)C(C)(C)C)cc1. The van der Waals surface area contributed by atoms with Crippen LogP contribution in [0.1, 0.15) is 51.4 Å². The van der Waals surface area contributed by atoms with Gasteiger partial charge in [0.1, 0.15) is 35.9 Å². The van der Waals surface area contributed by atoms with Crippen molar-refractivity contribution < 1.29 is 29.0 Å². The molecule has 0 radical (unpaired) electrons. The van der Waals surface area contributed by atoms with Crippen molar-refractivity contribution in [3.05, 3.63) is 41.0 Å². The molecule has 1 saturated heterocycles. The number of carbonyl (C=O) groups excluding carboxylic acids is 3. The van der Waals surface area contributed by atoms with E-state index in [1.165, 1.54) is 4.90 Å². The first-order valence-electron chi connectivity index (χ1n) is 14.2. The number of likely N-dealkylation sites (tertiary alicyclic amines) is 1. The molecule has 0 spiro atoms. The second kappa shape index (κ2) is 15.8. The minimum atomic E-state index is -0.948. The Morgan fingerprint density at radius 2 is 1.88 bits per heavy atom. The summed E-state index contributed by atoms with van der Waals surface area (Å²) in [6.45, 7) is 9.95. The summed E-state index contributed by atoms with van der Waals surface area (Å²) in [5, 5.41) is 19.7. The van der Waals surface area contributed by atoms with Crippen LogP contribution in [0.5, 0.6) is 0 Å². The minimum Gasteiger partial charge on any atom is -0.391 e. The number of nitrogens with zero attached hydrogens (tertiary/aromatic N) is 4. The zero-order chi connectivity index (χ0) is 31.6. The number of rotatable bonds is 14. The van der Waals surface area contributed by atoms with Crippen LogP contribution >= 0.6 is 11.3 Å². The number of aliphatic hydroxyl groups excluding tert-OH is 1. The number of β-amino-alcohol motifs (C(OH)–C–C–N with tert-alkyl or cyclic N) is 1. The van der Waals surface area contributed by atoms with Crippen LogP contribution in [0.4, 0.5) is 0 Å². The van der Waals surface area contributed by atoms with Gasteiger partial charge in [0.05, 0.1) is 48.0 Å². The van der Waals surface area contributed by atoms with E-state index >= 15 is 0 Å². The molecule has 0 bridgehead atoms. The number of benzene rings is 1. The minimum absolute atomic E-state index is 0.00965. The number of aryl methyl sites for hydroxylation is 1. The van der Waals surface area contributed by atoms with Gasteiger partial charge in [-0.3, -0.25) is 14.4 Å². The number of thiazole rings is 1. The lowest BCUT2D eigenvalue weighted by Crippen LogP contribution is -2.58. The predicted octanol–water partition coefficient (Wildman–Crippen LogP) is 2.37. The number of nitrogens with one attached hydrogen (secondary N) is 3. The van der Waals surface area contributed by atoms with Gasteiger partial charge in [0.25, 0.3) is 0 Å². The molecule has 2 aromatic rings. The third kappa shape index (κ3) is 9.73. The van der Waals surface area contributed by atoms with Crippen LogP contribution < -0.4 is 15.5 Å². The van der Waals surface area contributed by atoms with Gasteiger partial charge in [-0.1, -0.05) is 45.0 Å². The monoisotopic (exact) mass is 616 g/mol. The molecular weight excluding hydrogens is 574 g/mol. The van der Waals surface area contributed by atoms with E-state index in [1.807, 2.05) is 64.4 Å². The first-order chi connectivity index (χ1) is 20.4. The average Bonchev–Trinajstić information content (AvgIpc) is 3.57. The summed E-state index contributed by atoms with van der Waals surface area (Å²) in [5.74, 6) is -1.30. The second-order valence-corrected chi connectivity index (χ2v) is 12.4. The van der Waals surface area contributed by atoms with Crippen LogP contribution in [0.2, 0.25) is 0 Å². The average molecular weight is 617 g/mol. The zero-order valence-electron chi connectivity index (χ0n) is 25.3. The van der Waals surface area contributed by atoms with Crippen molar-refractivity contribution in [1.82, 2.24) is 25.4 Å². The molecule has 1 aliphatic heterocycles. The predicted molar refractivity (Wildman–Crippen MR) is 160 cm³/mol. The Kier molecular flexibility index (Phi) is 12.5. The third-order valence-corrected chi connectivity index (χ3v) is 8.05. The molecule has 1 aromatic heterocycles. The summed E-state index contributed by atoms with van der Waals surface area (Å²) in [6, 6.07) is 5.74. The van der Waals surface area contributed by atoms with Crippen molar-refractivity contribution in [3.8, 4) is 10.4 Å². The van der Waals surface area contributed by atoms with Crippen LogP contribution in [-0.4, -0.2) is 90.4 Å². The Hall–Kier alpha value is -3.55. The lowest BCUT2D eigenvalue weighted by Gasteiger charge is -2.35. The Labute approximate surface area is 255 Å². The molecule has 1 aliphatic rings. The van der Waals surface area contributed by atoms with E-state index < -0.39 is 35.4 Å². The Balaban J connectivity index is 1.59. The number of hydrogen-bond donors (Lipinski definition) is 4. The molecule has 4 atom stereocenters. The fraction of sp³-hybridized carbons (Fsp3) is 0.586.